The van der Waals surface area contributed by atoms with Crippen LogP contribution in [0.1, 0.15) is 135 Å². The van der Waals surface area contributed by atoms with Crippen molar-refractivity contribution in [1.29, 1.82) is 0 Å². The van der Waals surface area contributed by atoms with Gasteiger partial charge in [-0.05, 0) is 150 Å². The molecule has 0 saturated carbocycles. The molecule has 6 rings (SSSR count). The van der Waals surface area contributed by atoms with Crippen LogP contribution < -0.4 is 30.6 Å². The number of hydrogen-bond acceptors (Lipinski definition) is 18. The molecule has 6 aromatic heterocycles. The van der Waals surface area contributed by atoms with Crippen LogP contribution in [-0.4, -0.2) is 65.7 Å². The number of pyridine rings is 6. The summed E-state index contributed by atoms with van der Waals surface area (Å²) in [5, 5.41) is 59.9. The summed E-state index contributed by atoms with van der Waals surface area (Å²) in [5.41, 5.74) is 5.49. The van der Waals surface area contributed by atoms with Gasteiger partial charge in [-0.1, -0.05) is 94.2 Å². The first-order valence-corrected chi connectivity index (χ1v) is 24.9. The largest absolute Gasteiger partial charge is 3.00 e. The third kappa shape index (κ3) is 56.1. The second kappa shape index (κ2) is 62.8. The maximum absolute atomic E-state index is 9.98. The molecule has 0 bridgehead atoms. The molecule has 0 spiro atoms. The Morgan fingerprint density at radius 2 is 0.366 bits per heavy atom. The van der Waals surface area contributed by atoms with Crippen LogP contribution in [0.25, 0.3) is 34.2 Å². The summed E-state index contributed by atoms with van der Waals surface area (Å²) < 4.78 is 0. The van der Waals surface area contributed by atoms with Gasteiger partial charge < -0.3 is 81.3 Å². The summed E-state index contributed by atoms with van der Waals surface area (Å²) in [6.45, 7) is 0. The van der Waals surface area contributed by atoms with E-state index in [-0.39, 0.29) is 139 Å². The Kier molecular flexibility index (Phi) is 68.9. The number of hydrogen-bond donors (Lipinski definition) is 0. The van der Waals surface area contributed by atoms with Gasteiger partial charge in [0.25, 0.3) is 0 Å². The number of carboxylic acid groups (broad SMARTS) is 6. The van der Waals surface area contributed by atoms with Crippen molar-refractivity contribution in [3.63, 3.8) is 0 Å². The average molecular weight is 1630 g/mol. The van der Waals surface area contributed by atoms with Crippen molar-refractivity contribution >= 4 is 35.8 Å². The van der Waals surface area contributed by atoms with Gasteiger partial charge in [-0.2, -0.15) is 0 Å². The quantitative estimate of drug-likeness (QED) is 0.0665. The van der Waals surface area contributed by atoms with E-state index >= 15 is 0 Å². The number of carbonyl (C=O) groups excluding carboxylic acids is 6. The Balaban J connectivity index is -0.000000162. The van der Waals surface area contributed by atoms with Crippen molar-refractivity contribution in [2.45, 2.75) is 135 Å². The number of carboxylic acids is 6. The normalized spacial score (nSPS) is 8.93. The zero-order valence-corrected chi connectivity index (χ0v) is 54.6. The maximum atomic E-state index is 9.98. The molecular formula is C57H66CoN6O16U2-11. The molecule has 25 heteroatoms. The standard InChI is InChI=1S/3C10H8N2.3C9H16O4.Co.4O.2U/c3*1-3-7-11-9(5-1)10-6-2-4-8-12-10;3*10-8(11)6-4-2-1-3-5-7-9(12)13;;;;;;;/h3*1-8H;3*1-7H2,(H,10,11)(H,12,13);;;;;;;/q;;;;;;+3;4*-2;;/p-6. The summed E-state index contributed by atoms with van der Waals surface area (Å²) >= 11 is 0. The molecule has 22 nitrogen and oxygen atoms in total. The number of carbonyl (C=O) groups is 6. The zero-order valence-electron chi connectivity index (χ0n) is 45.3. The number of rotatable bonds is 27. The summed E-state index contributed by atoms with van der Waals surface area (Å²) in [4.78, 5) is 85.0. The van der Waals surface area contributed by atoms with Crippen molar-refractivity contribution < 1.29 is 160 Å². The first-order chi connectivity index (χ1) is 36.3. The molecule has 0 fully saturated rings. The van der Waals surface area contributed by atoms with E-state index in [2.05, 4.69) is 29.9 Å². The predicted octanol–water partition coefficient (Wildman–Crippen LogP) is 3.60. The van der Waals surface area contributed by atoms with E-state index in [0.29, 0.717) is 38.5 Å². The predicted molar refractivity (Wildman–Crippen MR) is 272 cm³/mol. The van der Waals surface area contributed by atoms with E-state index in [1.165, 1.54) is 0 Å². The van der Waals surface area contributed by atoms with Crippen molar-refractivity contribution in [1.82, 2.24) is 29.9 Å². The molecular weight excluding hydrogens is 1560 g/mol. The van der Waals surface area contributed by atoms with E-state index < -0.39 is 35.8 Å². The molecule has 448 valence electrons. The van der Waals surface area contributed by atoms with Crippen LogP contribution in [0.5, 0.6) is 0 Å². The van der Waals surface area contributed by atoms with Gasteiger partial charge in [-0.3, -0.25) is 29.9 Å². The van der Waals surface area contributed by atoms with Gasteiger partial charge in [-0.25, -0.2) is 0 Å². The van der Waals surface area contributed by atoms with Crippen LogP contribution in [0, 0.1) is 62.2 Å². The second-order valence-electron chi connectivity index (χ2n) is 16.3. The van der Waals surface area contributed by atoms with Crippen LogP contribution in [0.15, 0.2) is 146 Å². The summed E-state index contributed by atoms with van der Waals surface area (Å²) in [5.74, 6) is -6.11. The Bertz CT molecular complexity index is 1990. The van der Waals surface area contributed by atoms with E-state index in [4.69, 9.17) is 0 Å². The molecule has 0 atom stereocenters. The Morgan fingerprint density at radius 3 is 0.463 bits per heavy atom. The SMILES string of the molecule is O=C([O-])CCCCCCCC(=O)[O-].O=C([O-])CCCCCCCC(=O)[O-].O=C([O-])CCCCCCCC(=O)[O-].[Co+3].[O-2].[O-2].[O-2].[O-2].[U].[U].c1ccc(-c2ccccn2)nc1.c1ccc(-c2ccccn2)nc1.c1ccc(-c2ccccn2)nc1. The minimum absolute atomic E-state index is 0. The van der Waals surface area contributed by atoms with Crippen LogP contribution >= 0.6 is 0 Å². The first-order valence-electron chi connectivity index (χ1n) is 24.9. The van der Waals surface area contributed by atoms with Crippen LogP contribution in [-0.2, 0) is 67.5 Å². The molecule has 82 heavy (non-hydrogen) atoms. The Labute approximate surface area is 537 Å². The number of aliphatic carboxylic acids is 6. The van der Waals surface area contributed by atoms with Crippen molar-refractivity contribution in [2.24, 2.45) is 0 Å². The third-order valence-electron chi connectivity index (χ3n) is 10.1. The molecule has 0 amide bonds. The number of unbranched alkanes of at least 4 members (excludes halogenated alkanes) is 12. The van der Waals surface area contributed by atoms with Gasteiger partial charge in [0.05, 0.1) is 34.2 Å². The van der Waals surface area contributed by atoms with E-state index in [9.17, 15) is 59.4 Å². The fraction of sp³-hybridized carbons (Fsp3) is 0.368. The molecule has 0 saturated heterocycles. The van der Waals surface area contributed by atoms with Crippen LogP contribution in [0.3, 0.4) is 0 Å². The molecule has 6 heterocycles. The van der Waals surface area contributed by atoms with Gasteiger partial charge >= 0.3 is 16.8 Å². The molecule has 0 unspecified atom stereocenters. The number of aromatic nitrogens is 6. The molecule has 0 aliphatic heterocycles. The topological polar surface area (TPSA) is 432 Å². The van der Waals surface area contributed by atoms with Crippen molar-refractivity contribution in [3.8, 4) is 34.2 Å². The smallest absolute Gasteiger partial charge is 2.00 e. The summed E-state index contributed by atoms with van der Waals surface area (Å²) in [7, 11) is 0. The van der Waals surface area contributed by atoms with Crippen LogP contribution in [0.4, 0.5) is 0 Å². The van der Waals surface area contributed by atoms with E-state index in [1.54, 1.807) is 37.2 Å². The summed E-state index contributed by atoms with van der Waals surface area (Å²) in [6.07, 6.45) is 22.5. The molecule has 0 aliphatic carbocycles. The van der Waals surface area contributed by atoms with Crippen LogP contribution in [0.2, 0.25) is 0 Å². The zero-order chi connectivity index (χ0) is 55.0. The number of nitrogens with zero attached hydrogens (tertiary/aromatic N) is 6. The minimum atomic E-state index is -1.02. The van der Waals surface area contributed by atoms with E-state index in [0.717, 1.165) is 92.0 Å². The summed E-state index contributed by atoms with van der Waals surface area (Å²) in [6, 6.07) is 34.8. The molecule has 6 aromatic rings. The Hall–Kier alpha value is -5.83. The molecule has 0 aromatic carbocycles. The van der Waals surface area contributed by atoms with Crippen molar-refractivity contribution in [2.75, 3.05) is 0 Å². The fourth-order valence-corrected chi connectivity index (χ4v) is 6.29. The van der Waals surface area contributed by atoms with Gasteiger partial charge in [0.15, 0.2) is 0 Å². The maximum Gasteiger partial charge on any atom is 3.00 e. The second-order valence-corrected chi connectivity index (χ2v) is 16.3. The monoisotopic (exact) mass is 1630 g/mol. The molecule has 0 radical (unpaired) electrons. The van der Waals surface area contributed by atoms with Gasteiger partial charge in [0, 0.05) is 135 Å². The van der Waals surface area contributed by atoms with Gasteiger partial charge in [0.2, 0.25) is 0 Å². The minimum Gasteiger partial charge on any atom is -2.00 e. The first kappa shape index (κ1) is 90.0. The van der Waals surface area contributed by atoms with E-state index in [1.807, 2.05) is 109 Å². The van der Waals surface area contributed by atoms with Gasteiger partial charge in [-0.15, -0.1) is 0 Å². The fourth-order valence-electron chi connectivity index (χ4n) is 6.29. The Morgan fingerprint density at radius 1 is 0.244 bits per heavy atom. The molecule has 0 N–H and O–H groups in total. The van der Waals surface area contributed by atoms with Gasteiger partial charge in [0.1, 0.15) is 0 Å². The average Bonchev–Trinajstić information content (AvgIpc) is 3.42. The molecule has 0 aliphatic rings. The van der Waals surface area contributed by atoms with Crippen molar-refractivity contribution in [3.05, 3.63) is 146 Å². The third-order valence-corrected chi connectivity index (χ3v) is 10.1.